The lowest BCUT2D eigenvalue weighted by molar-refractivity contribution is 0.104. The summed E-state index contributed by atoms with van der Waals surface area (Å²) in [7, 11) is 0. The third-order valence-corrected chi connectivity index (χ3v) is 3.28. The van der Waals surface area contributed by atoms with Crippen LogP contribution in [0.4, 0.5) is 0 Å². The first kappa shape index (κ1) is 15.3. The van der Waals surface area contributed by atoms with Crippen molar-refractivity contribution in [2.45, 2.75) is 26.0 Å². The van der Waals surface area contributed by atoms with Crippen molar-refractivity contribution in [3.8, 4) is 6.07 Å². The van der Waals surface area contributed by atoms with Crippen LogP contribution in [-0.4, -0.2) is 13.2 Å². The number of rotatable bonds is 8. The van der Waals surface area contributed by atoms with Gasteiger partial charge in [0.15, 0.2) is 0 Å². The monoisotopic (exact) mass is 284 g/mol. The second-order valence-electron chi connectivity index (χ2n) is 4.90. The van der Waals surface area contributed by atoms with E-state index >= 15 is 0 Å². The van der Waals surface area contributed by atoms with Crippen molar-refractivity contribution >= 4 is 0 Å². The number of nitriles is 1. The van der Waals surface area contributed by atoms with E-state index in [0.29, 0.717) is 18.8 Å². The number of ether oxygens (including phenoxy) is 1. The Balaban J connectivity index is 1.60. The summed E-state index contributed by atoms with van der Waals surface area (Å²) in [4.78, 5) is 0. The molecule has 1 atom stereocenters. The first-order valence-corrected chi connectivity index (χ1v) is 7.13. The van der Waals surface area contributed by atoms with Gasteiger partial charge >= 0.3 is 0 Å². The van der Waals surface area contributed by atoms with Crippen molar-refractivity contribution in [1.29, 1.82) is 5.26 Å². The average molecular weight is 284 g/mol. The molecule has 4 heteroatoms. The lowest BCUT2D eigenvalue weighted by atomic mass is 10.1. The summed E-state index contributed by atoms with van der Waals surface area (Å²) >= 11 is 0. The number of nitrogens with zero attached hydrogens (tertiary/aromatic N) is 1. The SMILES string of the molecule is CC(NCCCOCc1ccco1)c1ccc(C#N)cc1. The van der Waals surface area contributed by atoms with Gasteiger partial charge in [0.1, 0.15) is 12.4 Å². The molecule has 0 aliphatic carbocycles. The van der Waals surface area contributed by atoms with E-state index in [9.17, 15) is 0 Å². The Morgan fingerprint density at radius 1 is 1.29 bits per heavy atom. The molecule has 1 N–H and O–H groups in total. The van der Waals surface area contributed by atoms with Crippen LogP contribution in [0.5, 0.6) is 0 Å². The van der Waals surface area contributed by atoms with Gasteiger partial charge in [-0.1, -0.05) is 12.1 Å². The smallest absolute Gasteiger partial charge is 0.129 e. The number of hydrogen-bond acceptors (Lipinski definition) is 4. The molecule has 21 heavy (non-hydrogen) atoms. The standard InChI is InChI=1S/C17H20N2O2/c1-14(16-7-5-15(12-18)6-8-16)19-9-3-10-20-13-17-4-2-11-21-17/h2,4-8,11,14,19H,3,9-10,13H2,1H3. The zero-order chi connectivity index (χ0) is 14.9. The predicted octanol–water partition coefficient (Wildman–Crippen LogP) is 3.41. The van der Waals surface area contributed by atoms with Gasteiger partial charge in [0.05, 0.1) is 17.9 Å². The summed E-state index contributed by atoms with van der Waals surface area (Å²) in [6.07, 6.45) is 2.60. The second-order valence-corrected chi connectivity index (χ2v) is 4.90. The third kappa shape index (κ3) is 5.07. The zero-order valence-corrected chi connectivity index (χ0v) is 12.2. The van der Waals surface area contributed by atoms with Crippen molar-refractivity contribution in [3.63, 3.8) is 0 Å². The molecule has 1 unspecified atom stereocenters. The predicted molar refractivity (Wildman–Crippen MR) is 80.6 cm³/mol. The Kier molecular flexibility index (Phi) is 6.01. The van der Waals surface area contributed by atoms with Gasteiger partial charge in [0.2, 0.25) is 0 Å². The third-order valence-electron chi connectivity index (χ3n) is 3.28. The van der Waals surface area contributed by atoms with Crippen LogP contribution in [0.25, 0.3) is 0 Å². The maximum Gasteiger partial charge on any atom is 0.129 e. The van der Waals surface area contributed by atoms with Gasteiger partial charge in [-0.25, -0.2) is 0 Å². The zero-order valence-electron chi connectivity index (χ0n) is 12.2. The molecule has 110 valence electrons. The molecule has 0 aliphatic heterocycles. The van der Waals surface area contributed by atoms with Gasteiger partial charge in [-0.05, 0) is 49.7 Å². The lowest BCUT2D eigenvalue weighted by Crippen LogP contribution is -2.20. The van der Waals surface area contributed by atoms with E-state index in [-0.39, 0.29) is 6.04 Å². The van der Waals surface area contributed by atoms with Crippen LogP contribution >= 0.6 is 0 Å². The number of hydrogen-bond donors (Lipinski definition) is 1. The van der Waals surface area contributed by atoms with Crippen molar-refractivity contribution in [1.82, 2.24) is 5.32 Å². The normalized spacial score (nSPS) is 12.0. The van der Waals surface area contributed by atoms with Crippen molar-refractivity contribution in [2.75, 3.05) is 13.2 Å². The quantitative estimate of drug-likeness (QED) is 0.755. The molecule has 0 radical (unpaired) electrons. The van der Waals surface area contributed by atoms with Crippen LogP contribution in [-0.2, 0) is 11.3 Å². The summed E-state index contributed by atoms with van der Waals surface area (Å²) in [5, 5.41) is 12.2. The maximum atomic E-state index is 8.77. The average Bonchev–Trinajstić information content (AvgIpc) is 3.04. The highest BCUT2D eigenvalue weighted by molar-refractivity contribution is 5.32. The summed E-state index contributed by atoms with van der Waals surface area (Å²) in [6.45, 7) is 4.23. The van der Waals surface area contributed by atoms with Crippen molar-refractivity contribution < 1.29 is 9.15 Å². The Labute approximate surface area is 125 Å². The van der Waals surface area contributed by atoms with Crippen LogP contribution in [0.1, 0.15) is 36.3 Å². The van der Waals surface area contributed by atoms with Crippen LogP contribution in [0.15, 0.2) is 47.1 Å². The molecule has 0 bridgehead atoms. The fourth-order valence-electron chi connectivity index (χ4n) is 2.02. The summed E-state index contributed by atoms with van der Waals surface area (Å²) in [6, 6.07) is 13.8. The Morgan fingerprint density at radius 3 is 2.76 bits per heavy atom. The molecule has 1 heterocycles. The molecule has 0 aliphatic rings. The molecule has 0 saturated carbocycles. The molecule has 0 amide bonds. The highest BCUT2D eigenvalue weighted by Crippen LogP contribution is 2.12. The Morgan fingerprint density at radius 2 is 2.10 bits per heavy atom. The topological polar surface area (TPSA) is 58.2 Å². The molecule has 2 rings (SSSR count). The number of nitrogens with one attached hydrogen (secondary N) is 1. The molecular weight excluding hydrogens is 264 g/mol. The van der Waals surface area contributed by atoms with Gasteiger partial charge in [0, 0.05) is 12.6 Å². The minimum absolute atomic E-state index is 0.266. The first-order chi connectivity index (χ1) is 10.3. The van der Waals surface area contributed by atoms with Gasteiger partial charge < -0.3 is 14.5 Å². The molecule has 1 aromatic carbocycles. The summed E-state index contributed by atoms with van der Waals surface area (Å²) in [5.74, 6) is 0.855. The minimum Gasteiger partial charge on any atom is -0.467 e. The van der Waals surface area contributed by atoms with Crippen molar-refractivity contribution in [2.24, 2.45) is 0 Å². The largest absolute Gasteiger partial charge is 0.467 e. The van der Waals surface area contributed by atoms with E-state index in [2.05, 4.69) is 18.3 Å². The van der Waals surface area contributed by atoms with Gasteiger partial charge in [-0.3, -0.25) is 0 Å². The fraction of sp³-hybridized carbons (Fsp3) is 0.353. The molecule has 2 aromatic rings. The fourth-order valence-corrected chi connectivity index (χ4v) is 2.02. The molecular formula is C17H20N2O2. The van der Waals surface area contributed by atoms with Crippen LogP contribution < -0.4 is 5.32 Å². The van der Waals surface area contributed by atoms with Crippen molar-refractivity contribution in [3.05, 3.63) is 59.5 Å². The number of furan rings is 1. The van der Waals surface area contributed by atoms with Crippen LogP contribution in [0.2, 0.25) is 0 Å². The molecule has 1 aromatic heterocycles. The van der Waals surface area contributed by atoms with Gasteiger partial charge in [-0.2, -0.15) is 5.26 Å². The highest BCUT2D eigenvalue weighted by Gasteiger charge is 2.04. The Hall–Kier alpha value is -2.09. The highest BCUT2D eigenvalue weighted by atomic mass is 16.5. The van der Waals surface area contributed by atoms with E-state index in [0.717, 1.165) is 18.7 Å². The first-order valence-electron chi connectivity index (χ1n) is 7.13. The lowest BCUT2D eigenvalue weighted by Gasteiger charge is -2.14. The maximum absolute atomic E-state index is 8.77. The summed E-state index contributed by atoms with van der Waals surface area (Å²) < 4.78 is 10.7. The minimum atomic E-state index is 0.266. The van der Waals surface area contributed by atoms with Gasteiger partial charge in [-0.15, -0.1) is 0 Å². The van der Waals surface area contributed by atoms with E-state index in [1.165, 1.54) is 5.56 Å². The second kappa shape index (κ2) is 8.25. The van der Waals surface area contributed by atoms with E-state index in [4.69, 9.17) is 14.4 Å². The van der Waals surface area contributed by atoms with Crippen LogP contribution in [0.3, 0.4) is 0 Å². The summed E-state index contributed by atoms with van der Waals surface area (Å²) in [5.41, 5.74) is 1.88. The van der Waals surface area contributed by atoms with Gasteiger partial charge in [0.25, 0.3) is 0 Å². The molecule has 0 saturated heterocycles. The van der Waals surface area contributed by atoms with Crippen LogP contribution in [0, 0.1) is 11.3 Å². The molecule has 0 spiro atoms. The van der Waals surface area contributed by atoms with E-state index < -0.39 is 0 Å². The molecule has 0 fully saturated rings. The Bertz CT molecular complexity index is 555. The molecule has 4 nitrogen and oxygen atoms in total. The van der Waals surface area contributed by atoms with E-state index in [1.807, 2.05) is 36.4 Å². The van der Waals surface area contributed by atoms with E-state index in [1.54, 1.807) is 6.26 Å². The number of benzene rings is 1.